The summed E-state index contributed by atoms with van der Waals surface area (Å²) in [4.78, 5) is 11.6. The standard InChI is InChI=1S/C13H16O/c1-10-7-12(13(14)8-10)9-11-5-3-2-4-6-11/h2-6,10,12H,7-9H2,1H3. The number of Topliss-reactive ketones (excluding diaryl/α,β-unsaturated/α-hetero) is 1. The van der Waals surface area contributed by atoms with Crippen molar-refractivity contribution in [1.82, 2.24) is 0 Å². The fourth-order valence-corrected chi connectivity index (χ4v) is 2.31. The molecule has 0 amide bonds. The Morgan fingerprint density at radius 2 is 2.00 bits per heavy atom. The molecule has 1 aromatic rings. The Bertz CT molecular complexity index is 315. The van der Waals surface area contributed by atoms with Crippen LogP contribution in [0.3, 0.4) is 0 Å². The minimum Gasteiger partial charge on any atom is -0.299 e. The fourth-order valence-electron chi connectivity index (χ4n) is 2.31. The molecule has 0 saturated heterocycles. The quantitative estimate of drug-likeness (QED) is 0.697. The van der Waals surface area contributed by atoms with Crippen molar-refractivity contribution in [3.63, 3.8) is 0 Å². The predicted molar refractivity (Wildman–Crippen MR) is 57.0 cm³/mol. The lowest BCUT2D eigenvalue weighted by molar-refractivity contribution is -0.120. The molecule has 74 valence electrons. The summed E-state index contributed by atoms with van der Waals surface area (Å²) in [5, 5.41) is 0. The molecule has 0 bridgehead atoms. The van der Waals surface area contributed by atoms with Crippen LogP contribution < -0.4 is 0 Å². The lowest BCUT2D eigenvalue weighted by atomic mass is 9.96. The molecule has 0 aliphatic heterocycles. The first-order valence-electron chi connectivity index (χ1n) is 5.32. The van der Waals surface area contributed by atoms with Gasteiger partial charge in [-0.2, -0.15) is 0 Å². The van der Waals surface area contributed by atoms with E-state index in [0.717, 1.165) is 19.3 Å². The molecule has 1 aromatic carbocycles. The van der Waals surface area contributed by atoms with Crippen molar-refractivity contribution in [2.45, 2.75) is 26.2 Å². The Kier molecular flexibility index (Phi) is 2.67. The summed E-state index contributed by atoms with van der Waals surface area (Å²) < 4.78 is 0. The number of ketones is 1. The van der Waals surface area contributed by atoms with Crippen molar-refractivity contribution in [3.8, 4) is 0 Å². The second kappa shape index (κ2) is 3.95. The van der Waals surface area contributed by atoms with Crippen LogP contribution in [0.15, 0.2) is 30.3 Å². The van der Waals surface area contributed by atoms with Crippen molar-refractivity contribution in [3.05, 3.63) is 35.9 Å². The highest BCUT2D eigenvalue weighted by atomic mass is 16.1. The third-order valence-corrected chi connectivity index (χ3v) is 3.02. The third kappa shape index (κ3) is 2.03. The Balaban J connectivity index is 2.02. The van der Waals surface area contributed by atoms with Gasteiger partial charge in [0.2, 0.25) is 0 Å². The second-order valence-corrected chi connectivity index (χ2v) is 4.40. The highest BCUT2D eigenvalue weighted by Crippen LogP contribution is 2.29. The van der Waals surface area contributed by atoms with E-state index in [0.29, 0.717) is 11.7 Å². The predicted octanol–water partition coefficient (Wildman–Crippen LogP) is 2.84. The number of benzene rings is 1. The highest BCUT2D eigenvalue weighted by molar-refractivity contribution is 5.83. The van der Waals surface area contributed by atoms with E-state index in [-0.39, 0.29) is 5.92 Å². The van der Waals surface area contributed by atoms with Gasteiger partial charge in [0.15, 0.2) is 0 Å². The van der Waals surface area contributed by atoms with Crippen LogP contribution in [0.25, 0.3) is 0 Å². The zero-order valence-electron chi connectivity index (χ0n) is 8.57. The highest BCUT2D eigenvalue weighted by Gasteiger charge is 2.29. The van der Waals surface area contributed by atoms with Gasteiger partial charge >= 0.3 is 0 Å². The van der Waals surface area contributed by atoms with Gasteiger partial charge < -0.3 is 0 Å². The van der Waals surface area contributed by atoms with Crippen molar-refractivity contribution in [2.75, 3.05) is 0 Å². The van der Waals surface area contributed by atoms with Crippen molar-refractivity contribution < 1.29 is 4.79 Å². The SMILES string of the molecule is CC1CC(=O)C(Cc2ccccc2)C1. The van der Waals surface area contributed by atoms with Crippen LogP contribution in [0, 0.1) is 11.8 Å². The molecule has 1 saturated carbocycles. The third-order valence-electron chi connectivity index (χ3n) is 3.02. The monoisotopic (exact) mass is 188 g/mol. The first-order chi connectivity index (χ1) is 6.75. The summed E-state index contributed by atoms with van der Waals surface area (Å²) in [6, 6.07) is 10.3. The molecule has 1 aliphatic rings. The van der Waals surface area contributed by atoms with Crippen LogP contribution in [-0.4, -0.2) is 5.78 Å². The van der Waals surface area contributed by atoms with Crippen molar-refractivity contribution >= 4 is 5.78 Å². The lowest BCUT2D eigenvalue weighted by Gasteiger charge is -2.07. The number of carbonyl (C=O) groups is 1. The van der Waals surface area contributed by atoms with Crippen LogP contribution in [0.4, 0.5) is 0 Å². The molecule has 0 spiro atoms. The summed E-state index contributed by atoms with van der Waals surface area (Å²) in [6.07, 6.45) is 2.80. The van der Waals surface area contributed by atoms with Crippen LogP contribution in [0.2, 0.25) is 0 Å². The molecule has 1 nitrogen and oxygen atoms in total. The Hall–Kier alpha value is -1.11. The smallest absolute Gasteiger partial charge is 0.136 e. The minimum absolute atomic E-state index is 0.285. The van der Waals surface area contributed by atoms with Crippen LogP contribution >= 0.6 is 0 Å². The number of carbonyl (C=O) groups excluding carboxylic acids is 1. The van der Waals surface area contributed by atoms with Gasteiger partial charge in [-0.1, -0.05) is 37.3 Å². The summed E-state index contributed by atoms with van der Waals surface area (Å²) >= 11 is 0. The van der Waals surface area contributed by atoms with Gasteiger partial charge in [0, 0.05) is 12.3 Å². The van der Waals surface area contributed by atoms with Crippen LogP contribution in [0.1, 0.15) is 25.3 Å². The normalized spacial score (nSPS) is 26.8. The first-order valence-corrected chi connectivity index (χ1v) is 5.32. The molecule has 0 radical (unpaired) electrons. The number of hydrogen-bond acceptors (Lipinski definition) is 1. The number of rotatable bonds is 2. The van der Waals surface area contributed by atoms with E-state index in [4.69, 9.17) is 0 Å². The minimum atomic E-state index is 0.285. The van der Waals surface area contributed by atoms with E-state index in [2.05, 4.69) is 19.1 Å². The van der Waals surface area contributed by atoms with E-state index in [1.807, 2.05) is 18.2 Å². The summed E-state index contributed by atoms with van der Waals surface area (Å²) in [6.45, 7) is 2.17. The first kappa shape index (κ1) is 9.45. The van der Waals surface area contributed by atoms with Gasteiger partial charge in [0.1, 0.15) is 5.78 Å². The van der Waals surface area contributed by atoms with E-state index < -0.39 is 0 Å². The summed E-state index contributed by atoms with van der Waals surface area (Å²) in [7, 11) is 0. The maximum atomic E-state index is 11.6. The summed E-state index contributed by atoms with van der Waals surface area (Å²) in [5.41, 5.74) is 1.29. The average Bonchev–Trinajstić information content (AvgIpc) is 2.47. The van der Waals surface area contributed by atoms with Crippen molar-refractivity contribution in [2.24, 2.45) is 11.8 Å². The lowest BCUT2D eigenvalue weighted by Crippen LogP contribution is -2.09. The van der Waals surface area contributed by atoms with E-state index in [1.54, 1.807) is 0 Å². The topological polar surface area (TPSA) is 17.1 Å². The zero-order chi connectivity index (χ0) is 9.97. The maximum absolute atomic E-state index is 11.6. The van der Waals surface area contributed by atoms with Gasteiger partial charge in [-0.25, -0.2) is 0 Å². The molecule has 1 aliphatic carbocycles. The fraction of sp³-hybridized carbons (Fsp3) is 0.462. The van der Waals surface area contributed by atoms with Gasteiger partial charge in [-0.3, -0.25) is 4.79 Å². The van der Waals surface area contributed by atoms with Gasteiger partial charge in [0.05, 0.1) is 0 Å². The Labute approximate surface area is 85.1 Å². The summed E-state index contributed by atoms with van der Waals surface area (Å²) in [5.74, 6) is 1.34. The zero-order valence-corrected chi connectivity index (χ0v) is 8.57. The molecular weight excluding hydrogens is 172 g/mol. The molecule has 2 atom stereocenters. The molecule has 2 rings (SSSR count). The molecule has 1 heteroatoms. The van der Waals surface area contributed by atoms with Gasteiger partial charge in [0.25, 0.3) is 0 Å². The average molecular weight is 188 g/mol. The molecule has 14 heavy (non-hydrogen) atoms. The van der Waals surface area contributed by atoms with Crippen LogP contribution in [0.5, 0.6) is 0 Å². The molecule has 1 fully saturated rings. The van der Waals surface area contributed by atoms with E-state index in [1.165, 1.54) is 5.56 Å². The van der Waals surface area contributed by atoms with E-state index in [9.17, 15) is 4.79 Å². The Morgan fingerprint density at radius 1 is 1.29 bits per heavy atom. The maximum Gasteiger partial charge on any atom is 0.136 e. The molecule has 2 unspecified atom stereocenters. The van der Waals surface area contributed by atoms with Gasteiger partial charge in [-0.05, 0) is 24.3 Å². The van der Waals surface area contributed by atoms with Crippen LogP contribution in [-0.2, 0) is 11.2 Å². The molecule has 0 heterocycles. The number of hydrogen-bond donors (Lipinski definition) is 0. The van der Waals surface area contributed by atoms with Gasteiger partial charge in [-0.15, -0.1) is 0 Å². The molecule has 0 N–H and O–H groups in total. The molecule has 0 aromatic heterocycles. The van der Waals surface area contributed by atoms with Crippen molar-refractivity contribution in [1.29, 1.82) is 0 Å². The largest absolute Gasteiger partial charge is 0.299 e. The van der Waals surface area contributed by atoms with E-state index >= 15 is 0 Å². The Morgan fingerprint density at radius 3 is 2.57 bits per heavy atom. The molecular formula is C13H16O. The second-order valence-electron chi connectivity index (χ2n) is 4.40.